The van der Waals surface area contributed by atoms with E-state index >= 15 is 0 Å². The second-order valence-electron chi connectivity index (χ2n) is 4.49. The number of benzene rings is 1. The van der Waals surface area contributed by atoms with Gasteiger partial charge in [-0.25, -0.2) is 4.68 Å². The van der Waals surface area contributed by atoms with Gasteiger partial charge in [0.1, 0.15) is 17.5 Å². The molecule has 0 saturated carbocycles. The highest BCUT2D eigenvalue weighted by molar-refractivity contribution is 9.11. The van der Waals surface area contributed by atoms with E-state index in [9.17, 15) is 10.1 Å². The molecule has 0 unspecified atom stereocenters. The predicted octanol–water partition coefficient (Wildman–Crippen LogP) is 1.92. The number of nitriles is 1. The molecule has 1 aromatic carbocycles. The first-order valence-electron chi connectivity index (χ1n) is 5.86. The van der Waals surface area contributed by atoms with Gasteiger partial charge in [-0.1, -0.05) is 15.9 Å². The number of aromatic nitrogens is 1. The Morgan fingerprint density at radius 3 is 2.64 bits per heavy atom. The van der Waals surface area contributed by atoms with Crippen LogP contribution in [0.25, 0.3) is 21.7 Å². The predicted molar refractivity (Wildman–Crippen MR) is 88.5 cm³/mol. The number of pyridine rings is 1. The van der Waals surface area contributed by atoms with E-state index in [1.165, 1.54) is 0 Å². The van der Waals surface area contributed by atoms with E-state index in [1.807, 2.05) is 6.07 Å². The molecule has 0 spiro atoms. The van der Waals surface area contributed by atoms with Crippen molar-refractivity contribution in [3.63, 3.8) is 0 Å². The Morgan fingerprint density at radius 1 is 1.32 bits per heavy atom. The molecular formula is C13H7Br2N5O2. The summed E-state index contributed by atoms with van der Waals surface area (Å²) in [6.45, 7) is 0. The lowest BCUT2D eigenvalue weighted by molar-refractivity contribution is 0.540. The first-order valence-corrected chi connectivity index (χ1v) is 7.45. The average molecular weight is 425 g/mol. The molecule has 0 aliphatic heterocycles. The Bertz CT molecular complexity index is 1120. The van der Waals surface area contributed by atoms with Crippen LogP contribution in [0.5, 0.6) is 0 Å². The number of hydrogen-bond acceptors (Lipinski definition) is 6. The van der Waals surface area contributed by atoms with Crippen molar-refractivity contribution in [3.8, 4) is 6.07 Å². The van der Waals surface area contributed by atoms with Crippen molar-refractivity contribution in [2.24, 2.45) is 0 Å². The number of nitrogens with two attached hydrogens (primary N) is 2. The summed E-state index contributed by atoms with van der Waals surface area (Å²) >= 11 is 6.68. The number of anilines is 1. The van der Waals surface area contributed by atoms with E-state index in [1.54, 1.807) is 12.1 Å². The Hall–Kier alpha value is -2.31. The number of fused-ring (bicyclic) bond motifs is 3. The molecule has 3 rings (SSSR count). The summed E-state index contributed by atoms with van der Waals surface area (Å²) in [6, 6.07) is 5.26. The molecule has 0 aliphatic carbocycles. The average Bonchev–Trinajstić information content (AvgIpc) is 2.46. The smallest absolute Gasteiger partial charge is 0.289 e. The molecule has 0 saturated heterocycles. The van der Waals surface area contributed by atoms with Crippen molar-refractivity contribution < 1.29 is 4.42 Å². The van der Waals surface area contributed by atoms with Gasteiger partial charge in [0.15, 0.2) is 5.58 Å². The molecule has 110 valence electrons. The summed E-state index contributed by atoms with van der Waals surface area (Å²) in [5, 5.41) is 18.2. The van der Waals surface area contributed by atoms with Crippen molar-refractivity contribution in [1.82, 2.24) is 4.68 Å². The highest BCUT2D eigenvalue weighted by Gasteiger charge is 2.20. The van der Waals surface area contributed by atoms with Crippen LogP contribution in [0.2, 0.25) is 0 Å². The zero-order valence-electron chi connectivity index (χ0n) is 10.8. The van der Waals surface area contributed by atoms with Crippen molar-refractivity contribution in [1.29, 1.82) is 10.7 Å². The Labute approximate surface area is 139 Å². The minimum atomic E-state index is -0.726. The molecular weight excluding hydrogens is 418 g/mol. The summed E-state index contributed by atoms with van der Waals surface area (Å²) in [6.07, 6.45) is 0. The van der Waals surface area contributed by atoms with Crippen LogP contribution in [-0.4, -0.2) is 4.68 Å². The summed E-state index contributed by atoms with van der Waals surface area (Å²) in [5.74, 6) is 5.45. The lowest BCUT2D eigenvalue weighted by Crippen LogP contribution is -2.32. The van der Waals surface area contributed by atoms with Crippen LogP contribution in [0, 0.1) is 16.7 Å². The Morgan fingerprint density at radius 2 is 2.00 bits per heavy atom. The third-order valence-electron chi connectivity index (χ3n) is 3.27. The molecule has 3 aromatic rings. The monoisotopic (exact) mass is 423 g/mol. The van der Waals surface area contributed by atoms with Gasteiger partial charge < -0.3 is 16.0 Å². The summed E-state index contributed by atoms with van der Waals surface area (Å²) in [4.78, 5) is 12.2. The topological polar surface area (TPSA) is 135 Å². The van der Waals surface area contributed by atoms with Gasteiger partial charge in [0.2, 0.25) is 5.55 Å². The van der Waals surface area contributed by atoms with E-state index in [0.29, 0.717) is 24.6 Å². The van der Waals surface area contributed by atoms with Crippen LogP contribution in [0.1, 0.15) is 5.56 Å². The summed E-state index contributed by atoms with van der Waals surface area (Å²) < 4.78 is 7.41. The molecule has 0 atom stereocenters. The van der Waals surface area contributed by atoms with Crippen LogP contribution in [0.4, 0.5) is 5.82 Å². The molecule has 0 aliphatic rings. The molecule has 7 nitrogen and oxygen atoms in total. The van der Waals surface area contributed by atoms with E-state index in [-0.39, 0.29) is 27.7 Å². The fourth-order valence-corrected chi connectivity index (χ4v) is 3.62. The van der Waals surface area contributed by atoms with E-state index in [2.05, 4.69) is 31.9 Å². The van der Waals surface area contributed by atoms with Crippen molar-refractivity contribution in [2.45, 2.75) is 0 Å². The van der Waals surface area contributed by atoms with Gasteiger partial charge in [-0.05, 0) is 28.1 Å². The maximum absolute atomic E-state index is 12.2. The second kappa shape index (κ2) is 4.86. The third kappa shape index (κ3) is 1.84. The molecule has 5 N–H and O–H groups in total. The van der Waals surface area contributed by atoms with Crippen LogP contribution in [0.15, 0.2) is 30.3 Å². The van der Waals surface area contributed by atoms with Crippen molar-refractivity contribution in [3.05, 3.63) is 42.5 Å². The fraction of sp³-hybridized carbons (Fsp3) is 0. The van der Waals surface area contributed by atoms with Crippen LogP contribution in [0.3, 0.4) is 0 Å². The number of nitrogens with zero attached hydrogens (tertiary/aromatic N) is 2. The molecule has 0 radical (unpaired) electrons. The Balaban J connectivity index is 2.85. The van der Waals surface area contributed by atoms with Gasteiger partial charge >= 0.3 is 0 Å². The third-order valence-corrected chi connectivity index (χ3v) is 4.32. The molecule has 9 heteroatoms. The highest BCUT2D eigenvalue weighted by Crippen LogP contribution is 2.33. The normalized spacial score (nSPS) is 11.0. The number of rotatable bonds is 0. The molecule has 0 bridgehead atoms. The standard InChI is InChI=1S/C13H7Br2N5O2/c14-4-1-5-8-6(3-16)13(21)20(19)11(17)9(8)12(18)22-10(5)7(15)2-4/h1-2,18H,17,19H2. The lowest BCUT2D eigenvalue weighted by atomic mass is 10.0. The Kier molecular flexibility index (Phi) is 3.23. The van der Waals surface area contributed by atoms with E-state index < -0.39 is 5.56 Å². The highest BCUT2D eigenvalue weighted by atomic mass is 79.9. The summed E-state index contributed by atoms with van der Waals surface area (Å²) in [5.41, 5.74) is 4.98. The lowest BCUT2D eigenvalue weighted by Gasteiger charge is -2.11. The number of nitrogens with one attached hydrogen (secondary N) is 1. The quantitative estimate of drug-likeness (QED) is 0.374. The SMILES string of the molecule is N#Cc1c(=O)n(N)c(N)c2c(=N)oc3c(Br)cc(Br)cc3c12. The number of nitrogen functional groups attached to an aromatic ring is 2. The van der Waals surface area contributed by atoms with Gasteiger partial charge in [0.05, 0.1) is 9.86 Å². The number of hydrogen-bond donors (Lipinski definition) is 3. The molecule has 0 amide bonds. The first-order chi connectivity index (χ1) is 10.4. The summed E-state index contributed by atoms with van der Waals surface area (Å²) in [7, 11) is 0. The van der Waals surface area contributed by atoms with E-state index in [0.717, 1.165) is 0 Å². The van der Waals surface area contributed by atoms with Crippen LogP contribution in [-0.2, 0) is 0 Å². The zero-order chi connectivity index (χ0) is 16.2. The second-order valence-corrected chi connectivity index (χ2v) is 6.26. The van der Waals surface area contributed by atoms with Gasteiger partial charge in [0, 0.05) is 15.2 Å². The molecule has 22 heavy (non-hydrogen) atoms. The molecule has 2 heterocycles. The molecule has 0 fully saturated rings. The maximum atomic E-state index is 12.2. The van der Waals surface area contributed by atoms with Gasteiger partial charge in [-0.15, -0.1) is 0 Å². The van der Waals surface area contributed by atoms with Crippen molar-refractivity contribution in [2.75, 3.05) is 11.6 Å². The van der Waals surface area contributed by atoms with Crippen LogP contribution < -0.4 is 22.7 Å². The van der Waals surface area contributed by atoms with Crippen LogP contribution >= 0.6 is 31.9 Å². The zero-order valence-corrected chi connectivity index (χ0v) is 13.9. The fourth-order valence-electron chi connectivity index (χ4n) is 2.32. The van der Waals surface area contributed by atoms with Gasteiger partial charge in [-0.3, -0.25) is 10.2 Å². The molecule has 2 aromatic heterocycles. The van der Waals surface area contributed by atoms with Crippen molar-refractivity contribution >= 4 is 59.4 Å². The first kappa shape index (κ1) is 14.6. The number of halogens is 2. The largest absolute Gasteiger partial charge is 0.437 e. The minimum absolute atomic E-state index is 0.121. The van der Waals surface area contributed by atoms with Gasteiger partial charge in [0.25, 0.3) is 5.56 Å². The minimum Gasteiger partial charge on any atom is -0.437 e. The van der Waals surface area contributed by atoms with E-state index in [4.69, 9.17) is 21.4 Å². The maximum Gasteiger partial charge on any atom is 0.289 e. The van der Waals surface area contributed by atoms with Gasteiger partial charge in [-0.2, -0.15) is 5.26 Å².